The number of tetrazole rings is 1. The van der Waals surface area contributed by atoms with Crippen LogP contribution in [0.5, 0.6) is 0 Å². The molecule has 0 spiro atoms. The van der Waals surface area contributed by atoms with Gasteiger partial charge in [0.25, 0.3) is 0 Å². The Bertz CT molecular complexity index is 291. The van der Waals surface area contributed by atoms with Gasteiger partial charge in [-0.25, -0.2) is 0 Å². The highest BCUT2D eigenvalue weighted by atomic mass is 15.6. The summed E-state index contributed by atoms with van der Waals surface area (Å²) in [6.07, 6.45) is 4.92. The summed E-state index contributed by atoms with van der Waals surface area (Å²) in [6.45, 7) is 0. The van der Waals surface area contributed by atoms with E-state index in [9.17, 15) is 0 Å². The van der Waals surface area contributed by atoms with Crippen molar-refractivity contribution in [3.05, 3.63) is 5.82 Å². The molecule has 1 unspecified atom stereocenters. The molecule has 78 valence electrons. The summed E-state index contributed by atoms with van der Waals surface area (Å²) < 4.78 is 0. The summed E-state index contributed by atoms with van der Waals surface area (Å²) in [7, 11) is 3.80. The smallest absolute Gasteiger partial charge is 0.176 e. The number of hydrogen-bond donors (Lipinski definition) is 1. The van der Waals surface area contributed by atoms with Crippen molar-refractivity contribution >= 4 is 0 Å². The van der Waals surface area contributed by atoms with Crippen LogP contribution in [0, 0.1) is 5.92 Å². The van der Waals surface area contributed by atoms with E-state index in [1.807, 2.05) is 7.05 Å². The van der Waals surface area contributed by atoms with Crippen LogP contribution in [0.1, 0.15) is 25.1 Å². The van der Waals surface area contributed by atoms with Gasteiger partial charge < -0.3 is 5.32 Å². The fourth-order valence-electron chi connectivity index (χ4n) is 1.68. The van der Waals surface area contributed by atoms with Crippen molar-refractivity contribution < 1.29 is 0 Å². The largest absolute Gasteiger partial charge is 0.317 e. The lowest BCUT2D eigenvalue weighted by atomic mass is 10.1. The third-order valence-corrected chi connectivity index (χ3v) is 2.70. The first-order valence-corrected chi connectivity index (χ1v) is 5.18. The highest BCUT2D eigenvalue weighted by Crippen LogP contribution is 2.33. The molecule has 0 radical (unpaired) electrons. The van der Waals surface area contributed by atoms with Crippen molar-refractivity contribution in [3.63, 3.8) is 0 Å². The van der Waals surface area contributed by atoms with Gasteiger partial charge in [0.05, 0.1) is 7.05 Å². The normalized spacial score (nSPS) is 18.4. The molecule has 1 fully saturated rings. The minimum absolute atomic E-state index is 0.506. The highest BCUT2D eigenvalue weighted by Gasteiger charge is 2.25. The van der Waals surface area contributed by atoms with Crippen LogP contribution in [-0.2, 0) is 13.5 Å². The Balaban J connectivity index is 1.86. The monoisotopic (exact) mass is 195 g/mol. The van der Waals surface area contributed by atoms with E-state index in [0.29, 0.717) is 6.04 Å². The predicted octanol–water partition coefficient (Wildman–Crippen LogP) is 0.141. The Hall–Kier alpha value is -0.970. The van der Waals surface area contributed by atoms with Crippen LogP contribution in [0.25, 0.3) is 0 Å². The van der Waals surface area contributed by atoms with Gasteiger partial charge >= 0.3 is 0 Å². The minimum atomic E-state index is 0.506. The van der Waals surface area contributed by atoms with E-state index >= 15 is 0 Å². The molecule has 1 aliphatic carbocycles. The number of hydrogen-bond acceptors (Lipinski definition) is 4. The van der Waals surface area contributed by atoms with E-state index < -0.39 is 0 Å². The molecule has 5 nitrogen and oxygen atoms in total. The van der Waals surface area contributed by atoms with Gasteiger partial charge in [-0.1, -0.05) is 12.8 Å². The third kappa shape index (κ3) is 2.51. The van der Waals surface area contributed by atoms with Crippen LogP contribution in [0.4, 0.5) is 0 Å². The summed E-state index contributed by atoms with van der Waals surface area (Å²) in [5.41, 5.74) is 0. The predicted molar refractivity (Wildman–Crippen MR) is 52.7 cm³/mol. The van der Waals surface area contributed by atoms with Gasteiger partial charge in [0, 0.05) is 12.5 Å². The Morgan fingerprint density at radius 2 is 2.36 bits per heavy atom. The SMILES string of the molecule is CNC(Cc1nnn(C)n1)CC1CC1. The molecule has 0 aromatic carbocycles. The number of nitrogens with one attached hydrogen (secondary N) is 1. The maximum atomic E-state index is 4.18. The van der Waals surface area contributed by atoms with Crippen LogP contribution in [0.2, 0.25) is 0 Å². The molecule has 1 heterocycles. The Kier molecular flexibility index (Phi) is 2.77. The van der Waals surface area contributed by atoms with Gasteiger partial charge in [0.1, 0.15) is 0 Å². The van der Waals surface area contributed by atoms with Gasteiger partial charge in [0.15, 0.2) is 5.82 Å². The van der Waals surface area contributed by atoms with Crippen molar-refractivity contribution in [3.8, 4) is 0 Å². The maximum Gasteiger partial charge on any atom is 0.176 e. The Labute approximate surface area is 83.9 Å². The number of likely N-dealkylation sites (N-methyl/N-ethyl adjacent to an activating group) is 1. The molecular weight excluding hydrogens is 178 g/mol. The molecule has 1 aromatic heterocycles. The van der Waals surface area contributed by atoms with E-state index in [-0.39, 0.29) is 0 Å². The molecule has 1 saturated carbocycles. The lowest BCUT2D eigenvalue weighted by Crippen LogP contribution is -2.28. The quantitative estimate of drug-likeness (QED) is 0.726. The summed E-state index contributed by atoms with van der Waals surface area (Å²) in [5.74, 6) is 1.77. The molecule has 2 rings (SSSR count). The Morgan fingerprint density at radius 1 is 1.57 bits per heavy atom. The second-order valence-electron chi connectivity index (χ2n) is 4.06. The zero-order valence-electron chi connectivity index (χ0n) is 8.77. The summed E-state index contributed by atoms with van der Waals surface area (Å²) >= 11 is 0. The standard InChI is InChI=1S/C9H17N5/c1-10-8(5-7-3-4-7)6-9-11-13-14(2)12-9/h7-8,10H,3-6H2,1-2H3. The number of nitrogens with zero attached hydrogens (tertiary/aromatic N) is 4. The van der Waals surface area contributed by atoms with Crippen LogP contribution in [0.15, 0.2) is 0 Å². The second kappa shape index (κ2) is 4.04. The van der Waals surface area contributed by atoms with E-state index in [1.165, 1.54) is 24.1 Å². The zero-order valence-corrected chi connectivity index (χ0v) is 8.77. The maximum absolute atomic E-state index is 4.18. The molecule has 5 heteroatoms. The topological polar surface area (TPSA) is 55.6 Å². The van der Waals surface area contributed by atoms with E-state index in [1.54, 1.807) is 7.05 Å². The number of aryl methyl sites for hydroxylation is 1. The lowest BCUT2D eigenvalue weighted by molar-refractivity contribution is 0.480. The third-order valence-electron chi connectivity index (χ3n) is 2.70. The first kappa shape index (κ1) is 9.58. The lowest BCUT2D eigenvalue weighted by Gasteiger charge is -2.12. The second-order valence-corrected chi connectivity index (χ2v) is 4.06. The molecule has 1 aromatic rings. The summed E-state index contributed by atoms with van der Waals surface area (Å²) in [4.78, 5) is 1.51. The van der Waals surface area contributed by atoms with Crippen molar-refractivity contribution in [2.75, 3.05) is 7.05 Å². The van der Waals surface area contributed by atoms with Gasteiger partial charge in [0.2, 0.25) is 0 Å². The summed E-state index contributed by atoms with van der Waals surface area (Å²) in [6, 6.07) is 0.506. The first-order valence-electron chi connectivity index (χ1n) is 5.18. The zero-order chi connectivity index (χ0) is 9.97. The first-order chi connectivity index (χ1) is 6.78. The van der Waals surface area contributed by atoms with Crippen molar-refractivity contribution in [1.82, 2.24) is 25.5 Å². The van der Waals surface area contributed by atoms with Gasteiger partial charge in [-0.2, -0.15) is 4.80 Å². The van der Waals surface area contributed by atoms with Crippen molar-refractivity contribution in [2.24, 2.45) is 13.0 Å². The van der Waals surface area contributed by atoms with Crippen molar-refractivity contribution in [1.29, 1.82) is 0 Å². The fourth-order valence-corrected chi connectivity index (χ4v) is 1.68. The highest BCUT2D eigenvalue weighted by molar-refractivity contribution is 4.87. The van der Waals surface area contributed by atoms with Gasteiger partial charge in [-0.3, -0.25) is 0 Å². The molecule has 1 aliphatic rings. The molecule has 0 bridgehead atoms. The number of rotatable bonds is 5. The molecule has 0 aliphatic heterocycles. The van der Waals surface area contributed by atoms with Crippen LogP contribution in [0.3, 0.4) is 0 Å². The fraction of sp³-hybridized carbons (Fsp3) is 0.889. The average molecular weight is 195 g/mol. The van der Waals surface area contributed by atoms with E-state index in [0.717, 1.165) is 18.2 Å². The molecule has 14 heavy (non-hydrogen) atoms. The van der Waals surface area contributed by atoms with Crippen LogP contribution >= 0.6 is 0 Å². The average Bonchev–Trinajstić information content (AvgIpc) is 2.89. The minimum Gasteiger partial charge on any atom is -0.317 e. The van der Waals surface area contributed by atoms with Crippen molar-refractivity contribution in [2.45, 2.75) is 31.7 Å². The van der Waals surface area contributed by atoms with Crippen LogP contribution < -0.4 is 5.32 Å². The summed E-state index contributed by atoms with van der Waals surface area (Å²) in [5, 5.41) is 15.3. The molecule has 0 saturated heterocycles. The molecule has 0 amide bonds. The molecular formula is C9H17N5. The van der Waals surface area contributed by atoms with Crippen LogP contribution in [-0.4, -0.2) is 33.3 Å². The Morgan fingerprint density at radius 3 is 2.86 bits per heavy atom. The van der Waals surface area contributed by atoms with E-state index in [4.69, 9.17) is 0 Å². The molecule has 1 atom stereocenters. The van der Waals surface area contributed by atoms with Gasteiger partial charge in [-0.15, -0.1) is 10.2 Å². The molecule has 1 N–H and O–H groups in total. The van der Waals surface area contributed by atoms with E-state index in [2.05, 4.69) is 20.7 Å². The van der Waals surface area contributed by atoms with Gasteiger partial charge in [-0.05, 0) is 24.6 Å². The number of aromatic nitrogens is 4.